The molecule has 0 radical (unpaired) electrons. The van der Waals surface area contributed by atoms with Crippen molar-refractivity contribution < 1.29 is 4.79 Å². The smallest absolute Gasteiger partial charge is 0.315 e. The normalized spacial score (nSPS) is 19.8. The average Bonchev–Trinajstić information content (AvgIpc) is 3.39. The molecule has 2 aliphatic rings. The van der Waals surface area contributed by atoms with E-state index in [9.17, 15) is 4.79 Å². The van der Waals surface area contributed by atoms with Crippen molar-refractivity contribution >= 4 is 11.8 Å². The molecule has 1 saturated carbocycles. The number of urea groups is 1. The largest absolute Gasteiger partial charge is 0.357 e. The average molecular weight is 316 g/mol. The van der Waals surface area contributed by atoms with E-state index in [1.54, 1.807) is 0 Å². The predicted octanol–water partition coefficient (Wildman–Crippen LogP) is 3.06. The molecule has 2 N–H and O–H groups in total. The molecular formula is C18H28N4O. The number of carbonyl (C=O) groups is 1. The summed E-state index contributed by atoms with van der Waals surface area (Å²) < 4.78 is 0. The summed E-state index contributed by atoms with van der Waals surface area (Å²) >= 11 is 0. The molecule has 5 heteroatoms. The molecule has 3 rings (SSSR count). The Hall–Kier alpha value is -1.78. The van der Waals surface area contributed by atoms with Crippen LogP contribution in [-0.2, 0) is 6.54 Å². The fraction of sp³-hybridized carbons (Fsp3) is 0.667. The molecule has 1 atom stereocenters. The standard InChI is InChI=1S/C18H28N4O/c1-14(16-7-8-16)21-18(23)20-13-15-6-9-17(19-12-15)22-10-4-2-3-5-11-22/h6,9,12,14,16H,2-5,7-8,10-11,13H2,1H3,(H2,20,21,23). The first-order valence-corrected chi connectivity index (χ1v) is 8.96. The number of hydrogen-bond donors (Lipinski definition) is 2. The van der Waals surface area contributed by atoms with Crippen LogP contribution in [0.4, 0.5) is 10.6 Å². The van der Waals surface area contributed by atoms with Gasteiger partial charge in [-0.05, 0) is 50.2 Å². The van der Waals surface area contributed by atoms with Gasteiger partial charge in [-0.2, -0.15) is 0 Å². The lowest BCUT2D eigenvalue weighted by Gasteiger charge is -2.21. The summed E-state index contributed by atoms with van der Waals surface area (Å²) in [5.41, 5.74) is 1.04. The van der Waals surface area contributed by atoms with Crippen LogP contribution < -0.4 is 15.5 Å². The molecule has 2 fully saturated rings. The van der Waals surface area contributed by atoms with Crippen LogP contribution in [0.2, 0.25) is 0 Å². The maximum Gasteiger partial charge on any atom is 0.315 e. The number of aromatic nitrogens is 1. The molecule has 0 bridgehead atoms. The molecule has 1 aromatic heterocycles. The van der Waals surface area contributed by atoms with Gasteiger partial charge in [0.1, 0.15) is 5.82 Å². The highest BCUT2D eigenvalue weighted by Gasteiger charge is 2.28. The molecule has 1 aromatic rings. The third-order valence-corrected chi connectivity index (χ3v) is 4.88. The second-order valence-electron chi connectivity index (χ2n) is 6.88. The van der Waals surface area contributed by atoms with E-state index in [2.05, 4.69) is 39.6 Å². The maximum absolute atomic E-state index is 11.9. The first-order valence-electron chi connectivity index (χ1n) is 8.96. The second-order valence-corrected chi connectivity index (χ2v) is 6.88. The molecule has 1 aliphatic heterocycles. The Labute approximate surface area is 138 Å². The van der Waals surface area contributed by atoms with Crippen molar-refractivity contribution in [3.63, 3.8) is 0 Å². The van der Waals surface area contributed by atoms with Crippen molar-refractivity contribution in [2.45, 2.75) is 58.0 Å². The van der Waals surface area contributed by atoms with E-state index in [1.165, 1.54) is 38.5 Å². The number of hydrogen-bond acceptors (Lipinski definition) is 3. The molecule has 1 aliphatic carbocycles. The van der Waals surface area contributed by atoms with Gasteiger partial charge in [0.15, 0.2) is 0 Å². The molecule has 5 nitrogen and oxygen atoms in total. The minimum Gasteiger partial charge on any atom is -0.357 e. The van der Waals surface area contributed by atoms with Gasteiger partial charge in [-0.3, -0.25) is 0 Å². The van der Waals surface area contributed by atoms with Crippen LogP contribution in [0.15, 0.2) is 18.3 Å². The van der Waals surface area contributed by atoms with Gasteiger partial charge in [-0.25, -0.2) is 9.78 Å². The molecule has 2 heterocycles. The number of amides is 2. The Morgan fingerprint density at radius 1 is 1.26 bits per heavy atom. The second kappa shape index (κ2) is 7.66. The van der Waals surface area contributed by atoms with Crippen LogP contribution in [0.5, 0.6) is 0 Å². The number of nitrogens with one attached hydrogen (secondary N) is 2. The van der Waals surface area contributed by atoms with Crippen molar-refractivity contribution in [1.29, 1.82) is 0 Å². The number of rotatable bonds is 5. The maximum atomic E-state index is 11.9. The number of anilines is 1. The predicted molar refractivity (Wildman–Crippen MR) is 92.5 cm³/mol. The van der Waals surface area contributed by atoms with Crippen LogP contribution in [0.1, 0.15) is 51.0 Å². The monoisotopic (exact) mass is 316 g/mol. The van der Waals surface area contributed by atoms with Crippen molar-refractivity contribution in [3.05, 3.63) is 23.9 Å². The van der Waals surface area contributed by atoms with Gasteiger partial charge in [0.05, 0.1) is 0 Å². The summed E-state index contributed by atoms with van der Waals surface area (Å²) in [6.07, 6.45) is 9.52. The third kappa shape index (κ3) is 4.85. The molecule has 1 saturated heterocycles. The van der Waals surface area contributed by atoms with Crippen LogP contribution in [0, 0.1) is 5.92 Å². The van der Waals surface area contributed by atoms with Crippen molar-refractivity contribution in [2.24, 2.45) is 5.92 Å². The zero-order valence-corrected chi connectivity index (χ0v) is 14.1. The Morgan fingerprint density at radius 2 is 2.00 bits per heavy atom. The first-order chi connectivity index (χ1) is 11.2. The topological polar surface area (TPSA) is 57.3 Å². The van der Waals surface area contributed by atoms with E-state index in [0.717, 1.165) is 24.5 Å². The summed E-state index contributed by atoms with van der Waals surface area (Å²) in [6.45, 7) is 4.81. The molecule has 0 aromatic carbocycles. The van der Waals surface area contributed by atoms with Gasteiger partial charge in [0, 0.05) is 31.9 Å². The lowest BCUT2D eigenvalue weighted by molar-refractivity contribution is 0.236. The molecular weight excluding hydrogens is 288 g/mol. The van der Waals surface area contributed by atoms with Crippen LogP contribution in [-0.4, -0.2) is 30.1 Å². The molecule has 1 unspecified atom stereocenters. The van der Waals surface area contributed by atoms with Crippen molar-refractivity contribution in [1.82, 2.24) is 15.6 Å². The first kappa shape index (κ1) is 16.1. The lowest BCUT2D eigenvalue weighted by atomic mass is 10.2. The van der Waals surface area contributed by atoms with Crippen LogP contribution in [0.3, 0.4) is 0 Å². The Bertz CT molecular complexity index is 504. The molecule has 126 valence electrons. The van der Waals surface area contributed by atoms with E-state index in [0.29, 0.717) is 12.5 Å². The quantitative estimate of drug-likeness (QED) is 0.878. The zero-order valence-electron chi connectivity index (χ0n) is 14.1. The molecule has 23 heavy (non-hydrogen) atoms. The van der Waals surface area contributed by atoms with E-state index >= 15 is 0 Å². The SMILES string of the molecule is CC(NC(=O)NCc1ccc(N2CCCCCC2)nc1)C1CC1. The van der Waals surface area contributed by atoms with E-state index in [1.807, 2.05) is 6.20 Å². The highest BCUT2D eigenvalue weighted by Crippen LogP contribution is 2.32. The van der Waals surface area contributed by atoms with Crippen molar-refractivity contribution in [3.8, 4) is 0 Å². The summed E-state index contributed by atoms with van der Waals surface area (Å²) in [4.78, 5) is 18.8. The van der Waals surface area contributed by atoms with Gasteiger partial charge >= 0.3 is 6.03 Å². The number of carbonyl (C=O) groups excluding carboxylic acids is 1. The Morgan fingerprint density at radius 3 is 2.61 bits per heavy atom. The highest BCUT2D eigenvalue weighted by atomic mass is 16.2. The minimum absolute atomic E-state index is 0.0824. The van der Waals surface area contributed by atoms with Gasteiger partial charge in [-0.1, -0.05) is 18.9 Å². The van der Waals surface area contributed by atoms with Crippen LogP contribution >= 0.6 is 0 Å². The van der Waals surface area contributed by atoms with E-state index < -0.39 is 0 Å². The van der Waals surface area contributed by atoms with E-state index in [-0.39, 0.29) is 12.1 Å². The van der Waals surface area contributed by atoms with Gasteiger partial charge in [0.2, 0.25) is 0 Å². The van der Waals surface area contributed by atoms with Gasteiger partial charge in [-0.15, -0.1) is 0 Å². The molecule has 0 spiro atoms. The fourth-order valence-electron chi connectivity index (χ4n) is 3.16. The fourth-order valence-corrected chi connectivity index (χ4v) is 3.16. The van der Waals surface area contributed by atoms with E-state index in [4.69, 9.17) is 0 Å². The minimum atomic E-state index is -0.0824. The Kier molecular flexibility index (Phi) is 5.36. The van der Waals surface area contributed by atoms with Crippen molar-refractivity contribution in [2.75, 3.05) is 18.0 Å². The Balaban J connectivity index is 1.46. The van der Waals surface area contributed by atoms with Gasteiger partial charge in [0.25, 0.3) is 0 Å². The van der Waals surface area contributed by atoms with Gasteiger partial charge < -0.3 is 15.5 Å². The summed E-state index contributed by atoms with van der Waals surface area (Å²) in [5, 5.41) is 5.92. The third-order valence-electron chi connectivity index (χ3n) is 4.88. The summed E-state index contributed by atoms with van der Waals surface area (Å²) in [7, 11) is 0. The van der Waals surface area contributed by atoms with Crippen LogP contribution in [0.25, 0.3) is 0 Å². The molecule has 2 amide bonds. The zero-order chi connectivity index (χ0) is 16.1. The highest BCUT2D eigenvalue weighted by molar-refractivity contribution is 5.74. The number of nitrogens with zero attached hydrogens (tertiary/aromatic N) is 2. The summed E-state index contributed by atoms with van der Waals surface area (Å²) in [6, 6.07) is 4.34. The lowest BCUT2D eigenvalue weighted by Crippen LogP contribution is -2.41. The number of pyridine rings is 1. The summed E-state index contributed by atoms with van der Waals surface area (Å²) in [5.74, 6) is 1.73.